The second kappa shape index (κ2) is 6.81. The van der Waals surface area contributed by atoms with E-state index in [1.807, 2.05) is 37.5 Å². The maximum atomic E-state index is 12.1. The van der Waals surface area contributed by atoms with E-state index in [1.54, 1.807) is 0 Å². The summed E-state index contributed by atoms with van der Waals surface area (Å²) in [7, 11) is 1.92. The van der Waals surface area contributed by atoms with Crippen LogP contribution in [0.25, 0.3) is 5.70 Å². The van der Waals surface area contributed by atoms with Gasteiger partial charge in [-0.25, -0.2) is 0 Å². The number of nitrogens with one attached hydrogen (secondary N) is 3. The summed E-state index contributed by atoms with van der Waals surface area (Å²) in [6.07, 6.45) is 6.77. The van der Waals surface area contributed by atoms with Crippen molar-refractivity contribution >= 4 is 5.70 Å². The van der Waals surface area contributed by atoms with Gasteiger partial charge in [0.2, 0.25) is 0 Å². The minimum atomic E-state index is -0.353. The SMILES string of the molecule is CNC1C=CN2C=C(c3cccc(OCCCF)c3)NC2N1. The van der Waals surface area contributed by atoms with E-state index >= 15 is 0 Å². The van der Waals surface area contributed by atoms with Crippen molar-refractivity contribution in [1.82, 2.24) is 20.9 Å². The van der Waals surface area contributed by atoms with E-state index in [9.17, 15) is 4.39 Å². The lowest BCUT2D eigenvalue weighted by Crippen LogP contribution is -2.56. The molecule has 0 aliphatic carbocycles. The van der Waals surface area contributed by atoms with Crippen LogP contribution < -0.4 is 20.7 Å². The van der Waals surface area contributed by atoms with Crippen molar-refractivity contribution in [3.63, 3.8) is 0 Å². The Labute approximate surface area is 129 Å². The lowest BCUT2D eigenvalue weighted by Gasteiger charge is -2.31. The predicted octanol–water partition coefficient (Wildman–Crippen LogP) is 1.57. The summed E-state index contributed by atoms with van der Waals surface area (Å²) < 4.78 is 17.7. The van der Waals surface area contributed by atoms with Gasteiger partial charge in [0, 0.05) is 24.4 Å². The van der Waals surface area contributed by atoms with E-state index in [0.717, 1.165) is 17.0 Å². The Bertz CT molecular complexity index is 575. The summed E-state index contributed by atoms with van der Waals surface area (Å²) in [5.41, 5.74) is 2.07. The van der Waals surface area contributed by atoms with Crippen molar-refractivity contribution in [2.45, 2.75) is 18.9 Å². The van der Waals surface area contributed by atoms with Gasteiger partial charge in [-0.05, 0) is 25.3 Å². The third-order valence-corrected chi connectivity index (χ3v) is 3.66. The molecule has 0 saturated carbocycles. The highest BCUT2D eigenvalue weighted by atomic mass is 19.1. The molecule has 0 fully saturated rings. The first-order valence-corrected chi connectivity index (χ1v) is 7.47. The van der Waals surface area contributed by atoms with Crippen LogP contribution >= 0.6 is 0 Å². The molecule has 2 atom stereocenters. The molecule has 0 spiro atoms. The summed E-state index contributed by atoms with van der Waals surface area (Å²) in [6.45, 7) is 0.0446. The molecular formula is C16H21FN4O. The van der Waals surface area contributed by atoms with Crippen LogP contribution in [0.4, 0.5) is 4.39 Å². The molecule has 1 aromatic rings. The molecule has 118 valence electrons. The van der Waals surface area contributed by atoms with Gasteiger partial charge in [-0.3, -0.25) is 9.71 Å². The number of likely N-dealkylation sites (N-methyl/N-ethyl adjacent to an activating group) is 1. The average molecular weight is 304 g/mol. The van der Waals surface area contributed by atoms with Crippen molar-refractivity contribution in [3.8, 4) is 5.75 Å². The van der Waals surface area contributed by atoms with E-state index < -0.39 is 0 Å². The van der Waals surface area contributed by atoms with Crippen LogP contribution in [-0.4, -0.2) is 37.7 Å². The highest BCUT2D eigenvalue weighted by molar-refractivity contribution is 5.67. The Hall–Kier alpha value is -2.05. The van der Waals surface area contributed by atoms with Gasteiger partial charge in [-0.15, -0.1) is 0 Å². The largest absolute Gasteiger partial charge is 0.493 e. The van der Waals surface area contributed by atoms with Crippen molar-refractivity contribution in [1.29, 1.82) is 0 Å². The summed E-state index contributed by atoms with van der Waals surface area (Å²) in [6, 6.07) is 7.83. The van der Waals surface area contributed by atoms with Crippen LogP contribution in [0, 0.1) is 0 Å². The van der Waals surface area contributed by atoms with Gasteiger partial charge in [0.15, 0.2) is 6.29 Å². The molecule has 2 unspecified atom stereocenters. The van der Waals surface area contributed by atoms with Gasteiger partial charge in [0.1, 0.15) is 5.75 Å². The number of nitrogens with zero attached hydrogens (tertiary/aromatic N) is 1. The Kier molecular flexibility index (Phi) is 4.60. The Balaban J connectivity index is 1.68. The minimum Gasteiger partial charge on any atom is -0.493 e. The van der Waals surface area contributed by atoms with Crippen molar-refractivity contribution < 1.29 is 9.13 Å². The number of hydrogen-bond acceptors (Lipinski definition) is 5. The molecular weight excluding hydrogens is 283 g/mol. The second-order valence-corrected chi connectivity index (χ2v) is 5.23. The van der Waals surface area contributed by atoms with E-state index in [4.69, 9.17) is 4.74 Å². The third kappa shape index (κ3) is 3.23. The van der Waals surface area contributed by atoms with Crippen LogP contribution in [0.2, 0.25) is 0 Å². The van der Waals surface area contributed by atoms with Crippen molar-refractivity contribution in [2.75, 3.05) is 20.3 Å². The molecule has 0 amide bonds. The molecule has 0 aromatic heterocycles. The number of fused-ring (bicyclic) bond motifs is 1. The Morgan fingerprint density at radius 2 is 2.32 bits per heavy atom. The number of hydrogen-bond donors (Lipinski definition) is 3. The van der Waals surface area contributed by atoms with Crippen LogP contribution in [0.5, 0.6) is 5.75 Å². The van der Waals surface area contributed by atoms with Gasteiger partial charge in [-0.1, -0.05) is 12.1 Å². The molecule has 5 nitrogen and oxygen atoms in total. The van der Waals surface area contributed by atoms with Crippen LogP contribution in [0.15, 0.2) is 42.7 Å². The van der Waals surface area contributed by atoms with Gasteiger partial charge in [0.05, 0.1) is 25.1 Å². The fraction of sp³-hybridized carbons (Fsp3) is 0.375. The quantitative estimate of drug-likeness (QED) is 0.697. The maximum Gasteiger partial charge on any atom is 0.160 e. The van der Waals surface area contributed by atoms with E-state index in [2.05, 4.69) is 33.1 Å². The zero-order chi connectivity index (χ0) is 15.4. The fourth-order valence-electron chi connectivity index (χ4n) is 2.49. The van der Waals surface area contributed by atoms with E-state index in [1.165, 1.54) is 0 Å². The molecule has 2 aliphatic rings. The lowest BCUT2D eigenvalue weighted by molar-refractivity contribution is 0.255. The topological polar surface area (TPSA) is 48.6 Å². The third-order valence-electron chi connectivity index (χ3n) is 3.66. The van der Waals surface area contributed by atoms with Crippen molar-refractivity contribution in [2.24, 2.45) is 0 Å². The smallest absolute Gasteiger partial charge is 0.160 e. The highest BCUT2D eigenvalue weighted by Crippen LogP contribution is 2.24. The number of ether oxygens (including phenoxy) is 1. The first kappa shape index (κ1) is 14.9. The number of halogens is 1. The summed E-state index contributed by atoms with van der Waals surface area (Å²) >= 11 is 0. The maximum absolute atomic E-state index is 12.1. The van der Waals surface area contributed by atoms with Gasteiger partial charge < -0.3 is 20.3 Å². The minimum absolute atomic E-state index is 0.0357. The Morgan fingerprint density at radius 1 is 1.41 bits per heavy atom. The molecule has 6 heteroatoms. The zero-order valence-electron chi connectivity index (χ0n) is 12.6. The standard InChI is InChI=1S/C16H21FN4O/c1-18-15-6-8-21-11-14(19-16(21)20-15)12-4-2-5-13(10-12)22-9-3-7-17/h2,4-6,8,10-11,15-16,18-20H,3,7,9H2,1H3. The lowest BCUT2D eigenvalue weighted by atomic mass is 10.1. The molecule has 22 heavy (non-hydrogen) atoms. The fourth-order valence-corrected chi connectivity index (χ4v) is 2.49. The summed E-state index contributed by atoms with van der Waals surface area (Å²) in [5.74, 6) is 0.759. The summed E-state index contributed by atoms with van der Waals surface area (Å²) in [4.78, 5) is 2.08. The second-order valence-electron chi connectivity index (χ2n) is 5.23. The number of benzene rings is 1. The molecule has 0 bridgehead atoms. The predicted molar refractivity (Wildman–Crippen MR) is 84.4 cm³/mol. The van der Waals surface area contributed by atoms with Crippen LogP contribution in [0.3, 0.4) is 0 Å². The van der Waals surface area contributed by atoms with Crippen LogP contribution in [0.1, 0.15) is 12.0 Å². The molecule has 3 N–H and O–H groups in total. The molecule has 2 aliphatic heterocycles. The monoisotopic (exact) mass is 304 g/mol. The highest BCUT2D eigenvalue weighted by Gasteiger charge is 2.27. The normalized spacial score (nSPS) is 23.0. The Morgan fingerprint density at radius 3 is 3.14 bits per heavy atom. The number of alkyl halides is 1. The molecule has 0 saturated heterocycles. The molecule has 0 radical (unpaired) electrons. The van der Waals surface area contributed by atoms with Crippen LogP contribution in [-0.2, 0) is 0 Å². The van der Waals surface area contributed by atoms with Crippen molar-refractivity contribution in [3.05, 3.63) is 48.3 Å². The van der Waals surface area contributed by atoms with Gasteiger partial charge >= 0.3 is 0 Å². The first-order chi connectivity index (χ1) is 10.8. The van der Waals surface area contributed by atoms with Gasteiger partial charge in [-0.2, -0.15) is 0 Å². The molecule has 1 aromatic carbocycles. The number of rotatable bonds is 6. The van der Waals surface area contributed by atoms with E-state index in [0.29, 0.717) is 13.0 Å². The average Bonchev–Trinajstić information content (AvgIpc) is 2.98. The molecule has 2 heterocycles. The zero-order valence-corrected chi connectivity index (χ0v) is 12.6. The van der Waals surface area contributed by atoms with Gasteiger partial charge in [0.25, 0.3) is 0 Å². The molecule has 3 rings (SSSR count). The summed E-state index contributed by atoms with van der Waals surface area (Å²) in [5, 5.41) is 10.0. The first-order valence-electron chi connectivity index (χ1n) is 7.47. The van der Waals surface area contributed by atoms with E-state index in [-0.39, 0.29) is 19.1 Å².